The fourth-order valence-electron chi connectivity index (χ4n) is 2.97. The molecule has 2 aromatic rings. The van der Waals surface area contributed by atoms with Gasteiger partial charge in [0.15, 0.2) is 5.82 Å². The molecule has 106 valence electrons. The number of tetrazole rings is 1. The lowest BCUT2D eigenvalue weighted by atomic mass is 9.98. The molecule has 20 heavy (non-hydrogen) atoms. The molecule has 2 unspecified atom stereocenters. The highest BCUT2D eigenvalue weighted by Crippen LogP contribution is 2.33. The number of nitrogens with zero attached hydrogens (tertiary/aromatic N) is 4. The Bertz CT molecular complexity index is 609. The van der Waals surface area contributed by atoms with Crippen molar-refractivity contribution in [2.24, 2.45) is 11.8 Å². The van der Waals surface area contributed by atoms with Gasteiger partial charge in [-0.05, 0) is 46.9 Å². The van der Waals surface area contributed by atoms with Crippen LogP contribution in [0.25, 0.3) is 11.4 Å². The Morgan fingerprint density at radius 1 is 1.40 bits per heavy atom. The maximum atomic E-state index is 13.1. The summed E-state index contributed by atoms with van der Waals surface area (Å²) in [5.41, 5.74) is 6.91. The number of hydrogen-bond acceptors (Lipinski definition) is 4. The molecular formula is C14H18FN5. The smallest absolute Gasteiger partial charge is 0.184 e. The van der Waals surface area contributed by atoms with E-state index in [1.165, 1.54) is 31.4 Å². The van der Waals surface area contributed by atoms with E-state index < -0.39 is 0 Å². The minimum absolute atomic E-state index is 0.352. The Kier molecular flexibility index (Phi) is 3.38. The molecule has 1 aromatic heterocycles. The Morgan fingerprint density at radius 2 is 2.25 bits per heavy atom. The van der Waals surface area contributed by atoms with Crippen LogP contribution in [0.1, 0.15) is 26.2 Å². The molecule has 0 aliphatic heterocycles. The fourth-order valence-corrected chi connectivity index (χ4v) is 2.97. The predicted molar refractivity (Wildman–Crippen MR) is 74.1 cm³/mol. The van der Waals surface area contributed by atoms with Gasteiger partial charge in [0.05, 0.1) is 0 Å². The van der Waals surface area contributed by atoms with Crippen LogP contribution in [-0.2, 0) is 6.54 Å². The standard InChI is InChI=1S/C14H18FN5/c1-9-3-2-4-10(9)8-20-14(17-18-19-20)12-6-5-11(15)7-13(12)16/h5-7,9-10H,2-4,8,16H2,1H3. The predicted octanol–water partition coefficient (Wildman–Crippen LogP) is 2.50. The summed E-state index contributed by atoms with van der Waals surface area (Å²) >= 11 is 0. The molecule has 2 N–H and O–H groups in total. The van der Waals surface area contributed by atoms with Crippen LogP contribution in [0, 0.1) is 17.7 Å². The van der Waals surface area contributed by atoms with E-state index in [1.54, 1.807) is 10.7 Å². The van der Waals surface area contributed by atoms with Gasteiger partial charge in [0, 0.05) is 17.8 Å². The van der Waals surface area contributed by atoms with Gasteiger partial charge in [0.25, 0.3) is 0 Å². The molecule has 0 radical (unpaired) electrons. The zero-order valence-corrected chi connectivity index (χ0v) is 11.5. The number of aromatic nitrogens is 4. The Hall–Kier alpha value is -1.98. The van der Waals surface area contributed by atoms with Crippen molar-refractivity contribution < 1.29 is 4.39 Å². The maximum absolute atomic E-state index is 13.1. The lowest BCUT2D eigenvalue weighted by molar-refractivity contribution is 0.346. The lowest BCUT2D eigenvalue weighted by Crippen LogP contribution is -2.15. The van der Waals surface area contributed by atoms with E-state index in [0.717, 1.165) is 6.54 Å². The molecule has 1 fully saturated rings. The third-order valence-corrected chi connectivity index (χ3v) is 4.23. The highest BCUT2D eigenvalue weighted by atomic mass is 19.1. The molecule has 1 aliphatic rings. The zero-order valence-electron chi connectivity index (χ0n) is 11.5. The number of halogens is 1. The lowest BCUT2D eigenvalue weighted by Gasteiger charge is -2.15. The summed E-state index contributed by atoms with van der Waals surface area (Å²) in [6.45, 7) is 3.06. The van der Waals surface area contributed by atoms with Gasteiger partial charge in [0.1, 0.15) is 5.82 Å². The van der Waals surface area contributed by atoms with E-state index in [-0.39, 0.29) is 5.82 Å². The molecule has 0 saturated heterocycles. The number of nitrogen functional groups attached to an aromatic ring is 1. The first-order valence-electron chi connectivity index (χ1n) is 6.96. The third-order valence-electron chi connectivity index (χ3n) is 4.23. The summed E-state index contributed by atoms with van der Waals surface area (Å²) in [6, 6.07) is 4.31. The summed E-state index contributed by atoms with van der Waals surface area (Å²) in [7, 11) is 0. The molecule has 1 aromatic carbocycles. The van der Waals surface area contributed by atoms with Crippen molar-refractivity contribution in [3.8, 4) is 11.4 Å². The van der Waals surface area contributed by atoms with Crippen molar-refractivity contribution in [3.63, 3.8) is 0 Å². The van der Waals surface area contributed by atoms with E-state index in [0.29, 0.717) is 28.9 Å². The van der Waals surface area contributed by atoms with E-state index in [4.69, 9.17) is 5.73 Å². The molecule has 2 atom stereocenters. The maximum Gasteiger partial charge on any atom is 0.184 e. The topological polar surface area (TPSA) is 69.6 Å². The van der Waals surface area contributed by atoms with E-state index in [1.807, 2.05) is 0 Å². The van der Waals surface area contributed by atoms with Crippen LogP contribution in [0.2, 0.25) is 0 Å². The first kappa shape index (κ1) is 13.0. The van der Waals surface area contributed by atoms with Crippen LogP contribution in [0.15, 0.2) is 18.2 Å². The number of nitrogens with two attached hydrogens (primary N) is 1. The molecule has 6 heteroatoms. The van der Waals surface area contributed by atoms with E-state index >= 15 is 0 Å². The van der Waals surface area contributed by atoms with Gasteiger partial charge in [-0.2, -0.15) is 0 Å². The average molecular weight is 275 g/mol. The van der Waals surface area contributed by atoms with Crippen LogP contribution >= 0.6 is 0 Å². The van der Waals surface area contributed by atoms with E-state index in [2.05, 4.69) is 22.4 Å². The summed E-state index contributed by atoms with van der Waals surface area (Å²) < 4.78 is 14.9. The van der Waals surface area contributed by atoms with Gasteiger partial charge >= 0.3 is 0 Å². The minimum Gasteiger partial charge on any atom is -0.398 e. The largest absolute Gasteiger partial charge is 0.398 e. The molecular weight excluding hydrogens is 257 g/mol. The van der Waals surface area contributed by atoms with Crippen LogP contribution in [0.3, 0.4) is 0 Å². The minimum atomic E-state index is -0.352. The summed E-state index contributed by atoms with van der Waals surface area (Å²) in [4.78, 5) is 0. The van der Waals surface area contributed by atoms with Crippen molar-refractivity contribution in [1.29, 1.82) is 0 Å². The second kappa shape index (κ2) is 5.19. The first-order valence-corrected chi connectivity index (χ1v) is 6.96. The SMILES string of the molecule is CC1CCCC1Cn1nnnc1-c1ccc(F)cc1N. The average Bonchev–Trinajstić information content (AvgIpc) is 3.01. The van der Waals surface area contributed by atoms with Gasteiger partial charge in [0.2, 0.25) is 0 Å². The van der Waals surface area contributed by atoms with E-state index in [9.17, 15) is 4.39 Å². The molecule has 0 bridgehead atoms. The molecule has 1 saturated carbocycles. The summed E-state index contributed by atoms with van der Waals surface area (Å²) in [6.07, 6.45) is 3.74. The molecule has 5 nitrogen and oxygen atoms in total. The number of rotatable bonds is 3. The fraction of sp³-hybridized carbons (Fsp3) is 0.500. The zero-order chi connectivity index (χ0) is 14.1. The van der Waals surface area contributed by atoms with Crippen LogP contribution in [0.4, 0.5) is 10.1 Å². The van der Waals surface area contributed by atoms with Crippen molar-refractivity contribution in [2.75, 3.05) is 5.73 Å². The van der Waals surface area contributed by atoms with Gasteiger partial charge < -0.3 is 5.73 Å². The molecule has 3 rings (SSSR count). The molecule has 1 aliphatic carbocycles. The first-order chi connectivity index (χ1) is 9.65. The van der Waals surface area contributed by atoms with Gasteiger partial charge in [-0.15, -0.1) is 5.10 Å². The van der Waals surface area contributed by atoms with Gasteiger partial charge in [-0.3, -0.25) is 0 Å². The highest BCUT2D eigenvalue weighted by molar-refractivity contribution is 5.71. The molecule has 0 amide bonds. The van der Waals surface area contributed by atoms with Crippen LogP contribution < -0.4 is 5.73 Å². The number of anilines is 1. The van der Waals surface area contributed by atoms with Crippen molar-refractivity contribution in [1.82, 2.24) is 20.2 Å². The van der Waals surface area contributed by atoms with Gasteiger partial charge in [-0.25, -0.2) is 9.07 Å². The van der Waals surface area contributed by atoms with Crippen molar-refractivity contribution in [3.05, 3.63) is 24.0 Å². The molecule has 0 spiro atoms. The van der Waals surface area contributed by atoms with Gasteiger partial charge in [-0.1, -0.05) is 19.8 Å². The second-order valence-corrected chi connectivity index (χ2v) is 5.58. The number of benzene rings is 1. The second-order valence-electron chi connectivity index (χ2n) is 5.58. The molecule has 1 heterocycles. The van der Waals surface area contributed by atoms with Crippen molar-refractivity contribution in [2.45, 2.75) is 32.7 Å². The highest BCUT2D eigenvalue weighted by Gasteiger charge is 2.25. The summed E-state index contributed by atoms with van der Waals surface area (Å²) in [5.74, 6) is 1.55. The third kappa shape index (κ3) is 2.37. The monoisotopic (exact) mass is 275 g/mol. The Balaban J connectivity index is 1.89. The normalized spacial score (nSPS) is 22.3. The van der Waals surface area contributed by atoms with Crippen LogP contribution in [0.5, 0.6) is 0 Å². The summed E-state index contributed by atoms with van der Waals surface area (Å²) in [5, 5.41) is 11.8. The Labute approximate surface area is 117 Å². The van der Waals surface area contributed by atoms with Crippen LogP contribution in [-0.4, -0.2) is 20.2 Å². The quantitative estimate of drug-likeness (QED) is 0.874. The number of hydrogen-bond donors (Lipinski definition) is 1. The van der Waals surface area contributed by atoms with Crippen molar-refractivity contribution >= 4 is 5.69 Å². The Morgan fingerprint density at radius 3 is 2.95 bits per heavy atom.